The highest BCUT2D eigenvalue weighted by atomic mass is 32.2. The number of aromatic nitrogens is 4. The van der Waals surface area contributed by atoms with E-state index in [0.29, 0.717) is 17.5 Å². The average molecular weight is 783 g/mol. The zero-order valence-corrected chi connectivity index (χ0v) is 33.1. The van der Waals surface area contributed by atoms with E-state index in [-0.39, 0.29) is 0 Å². The van der Waals surface area contributed by atoms with Gasteiger partial charge in [0.05, 0.1) is 10.9 Å². The molecule has 12 rings (SSSR count). The maximum absolute atomic E-state index is 5.27. The van der Waals surface area contributed by atoms with Crippen LogP contribution in [-0.2, 0) is 5.41 Å². The summed E-state index contributed by atoms with van der Waals surface area (Å²) in [7, 11) is 0. The third kappa shape index (κ3) is 5.26. The van der Waals surface area contributed by atoms with Gasteiger partial charge in [0.1, 0.15) is 0 Å². The van der Waals surface area contributed by atoms with Gasteiger partial charge in [0.2, 0.25) is 0 Å². The summed E-state index contributed by atoms with van der Waals surface area (Å²) >= 11 is 1.83. The molecule has 4 nitrogen and oxygen atoms in total. The maximum Gasteiger partial charge on any atom is 0.165 e. The number of nitrogens with zero attached hydrogens (tertiary/aromatic N) is 4. The maximum atomic E-state index is 5.27. The van der Waals surface area contributed by atoms with Crippen LogP contribution in [0.5, 0.6) is 0 Å². The summed E-state index contributed by atoms with van der Waals surface area (Å²) < 4.78 is 0. The zero-order chi connectivity index (χ0) is 39.6. The largest absolute Gasteiger partial charge is 0.256 e. The van der Waals surface area contributed by atoms with Gasteiger partial charge in [-0.2, -0.15) is 0 Å². The second-order valence-electron chi connectivity index (χ2n) is 15.3. The molecule has 1 aliphatic carbocycles. The van der Waals surface area contributed by atoms with Crippen LogP contribution in [0.1, 0.15) is 22.3 Å². The quantitative estimate of drug-likeness (QED) is 0.174. The van der Waals surface area contributed by atoms with Crippen molar-refractivity contribution in [1.29, 1.82) is 0 Å². The Hall–Kier alpha value is -7.47. The number of pyridine rings is 1. The molecule has 2 aliphatic rings. The predicted molar refractivity (Wildman–Crippen MR) is 244 cm³/mol. The van der Waals surface area contributed by atoms with Crippen molar-refractivity contribution in [2.75, 3.05) is 0 Å². The lowest BCUT2D eigenvalue weighted by Gasteiger charge is -2.41. The molecule has 5 heteroatoms. The third-order valence-electron chi connectivity index (χ3n) is 12.1. The Bertz CT molecular complexity index is 3180. The van der Waals surface area contributed by atoms with Crippen molar-refractivity contribution >= 4 is 22.7 Å². The fourth-order valence-corrected chi connectivity index (χ4v) is 10.9. The predicted octanol–water partition coefficient (Wildman–Crippen LogP) is 13.6. The average Bonchev–Trinajstić information content (AvgIpc) is 3.62. The topological polar surface area (TPSA) is 51.6 Å². The van der Waals surface area contributed by atoms with Gasteiger partial charge in [0, 0.05) is 38.1 Å². The van der Waals surface area contributed by atoms with Gasteiger partial charge in [-0.05, 0) is 67.8 Å². The van der Waals surface area contributed by atoms with Crippen molar-refractivity contribution < 1.29 is 0 Å². The van der Waals surface area contributed by atoms with Crippen molar-refractivity contribution in [1.82, 2.24) is 19.9 Å². The molecule has 1 spiro atoms. The lowest BCUT2D eigenvalue weighted by atomic mass is 9.66. The van der Waals surface area contributed by atoms with Gasteiger partial charge in [0.25, 0.3) is 0 Å². The Morgan fingerprint density at radius 1 is 0.317 bits per heavy atom. The molecule has 0 fully saturated rings. The van der Waals surface area contributed by atoms with Gasteiger partial charge >= 0.3 is 0 Å². The minimum Gasteiger partial charge on any atom is -0.256 e. The molecule has 0 radical (unpaired) electrons. The first kappa shape index (κ1) is 34.6. The van der Waals surface area contributed by atoms with Gasteiger partial charge in [-0.25, -0.2) is 15.0 Å². The number of hydrogen-bond donors (Lipinski definition) is 0. The fraction of sp³-hybridized carbons (Fsp3) is 0.0182. The highest BCUT2D eigenvalue weighted by molar-refractivity contribution is 7.99. The highest BCUT2D eigenvalue weighted by Gasteiger charge is 2.51. The summed E-state index contributed by atoms with van der Waals surface area (Å²) in [6.45, 7) is 0. The molecule has 60 heavy (non-hydrogen) atoms. The molecule has 0 atom stereocenters. The second kappa shape index (κ2) is 13.8. The summed E-state index contributed by atoms with van der Waals surface area (Å²) in [4.78, 5) is 22.6. The Kier molecular flexibility index (Phi) is 7.97. The number of benzene rings is 8. The third-order valence-corrected chi connectivity index (χ3v) is 13.4. The fourth-order valence-electron chi connectivity index (χ4n) is 9.46. The first-order valence-corrected chi connectivity index (χ1v) is 21.0. The van der Waals surface area contributed by atoms with Crippen LogP contribution in [0.3, 0.4) is 0 Å². The van der Waals surface area contributed by atoms with Crippen LogP contribution in [0.2, 0.25) is 0 Å². The second-order valence-corrected chi connectivity index (χ2v) is 16.3. The van der Waals surface area contributed by atoms with E-state index in [0.717, 1.165) is 43.6 Å². The van der Waals surface area contributed by atoms with Crippen LogP contribution in [0.4, 0.5) is 0 Å². The zero-order valence-electron chi connectivity index (χ0n) is 32.3. The molecule has 8 aromatic carbocycles. The Morgan fingerprint density at radius 2 is 0.783 bits per heavy atom. The Morgan fingerprint density at radius 3 is 1.42 bits per heavy atom. The monoisotopic (exact) mass is 782 g/mol. The van der Waals surface area contributed by atoms with E-state index in [9.17, 15) is 0 Å². The van der Waals surface area contributed by atoms with E-state index in [1.54, 1.807) is 0 Å². The minimum absolute atomic E-state index is 0.581. The van der Waals surface area contributed by atoms with E-state index >= 15 is 0 Å². The van der Waals surface area contributed by atoms with Crippen molar-refractivity contribution in [3.8, 4) is 67.5 Å². The molecule has 280 valence electrons. The van der Waals surface area contributed by atoms with E-state index in [1.165, 1.54) is 49.4 Å². The van der Waals surface area contributed by atoms with Crippen molar-refractivity contribution in [2.45, 2.75) is 15.2 Å². The van der Waals surface area contributed by atoms with Crippen molar-refractivity contribution in [3.63, 3.8) is 0 Å². The van der Waals surface area contributed by atoms with E-state index < -0.39 is 5.41 Å². The van der Waals surface area contributed by atoms with Crippen LogP contribution >= 0.6 is 11.8 Å². The SMILES string of the molecule is c1ccc(-c2nc(-c3ccccc3)nc(-c3cccc4c3Sc3c(-c5ccc(-c6cccc7ncccc67)cc5)cccc3C43c4ccccc4-c4ccccc43)n2)cc1. The van der Waals surface area contributed by atoms with Gasteiger partial charge in [-0.3, -0.25) is 4.98 Å². The Balaban J connectivity index is 1.11. The van der Waals surface area contributed by atoms with Crippen molar-refractivity contribution in [3.05, 3.63) is 229 Å². The first-order chi connectivity index (χ1) is 29.8. The molecule has 0 amide bonds. The normalized spacial score (nSPS) is 13.1. The smallest absolute Gasteiger partial charge is 0.165 e. The molecule has 0 saturated carbocycles. The number of fused-ring (bicyclic) bond motifs is 10. The van der Waals surface area contributed by atoms with Gasteiger partial charge in [0.15, 0.2) is 17.5 Å². The van der Waals surface area contributed by atoms with Crippen LogP contribution < -0.4 is 0 Å². The molecule has 0 N–H and O–H groups in total. The van der Waals surface area contributed by atoms with Gasteiger partial charge < -0.3 is 0 Å². The summed E-state index contributed by atoms with van der Waals surface area (Å²) in [5, 5.41) is 1.15. The lowest BCUT2D eigenvalue weighted by Crippen LogP contribution is -2.32. The van der Waals surface area contributed by atoms with E-state index in [2.05, 4.69) is 163 Å². The molecule has 0 unspecified atom stereocenters. The summed E-state index contributed by atoms with van der Waals surface area (Å²) in [6.07, 6.45) is 1.86. The molecular formula is C55H34N4S. The summed E-state index contributed by atoms with van der Waals surface area (Å²) in [6, 6.07) is 71.5. The van der Waals surface area contributed by atoms with Crippen molar-refractivity contribution in [2.24, 2.45) is 0 Å². The molecule has 1 aliphatic heterocycles. The van der Waals surface area contributed by atoms with E-state index in [1.807, 2.05) is 60.4 Å². The molecular weight excluding hydrogens is 749 g/mol. The molecule has 3 heterocycles. The minimum atomic E-state index is -0.581. The van der Waals surface area contributed by atoms with Crippen LogP contribution in [0.15, 0.2) is 216 Å². The summed E-state index contributed by atoms with van der Waals surface area (Å²) in [5.41, 5.74) is 15.6. The highest BCUT2D eigenvalue weighted by Crippen LogP contribution is 2.64. The van der Waals surface area contributed by atoms with Crippen LogP contribution in [0, 0.1) is 0 Å². The number of rotatable bonds is 5. The molecule has 0 bridgehead atoms. The Labute approximate surface area is 352 Å². The van der Waals surface area contributed by atoms with Gasteiger partial charge in [-0.15, -0.1) is 0 Å². The molecule has 2 aromatic heterocycles. The molecule has 0 saturated heterocycles. The standard InChI is InChI=1S/C55H34N4S/c1-3-15-37(16-4-1)52-57-53(38-17-5-2-6-18-38)59-54(58-52)44-23-12-28-48-51(44)60-50-40(36-32-30-35(31-33-36)39-21-13-29-49-43(39)24-14-34-56-49)22-11-27-47(50)55(48)45-25-9-7-19-41(45)42-20-8-10-26-46(42)55/h1-34H. The summed E-state index contributed by atoms with van der Waals surface area (Å²) in [5.74, 6) is 1.94. The first-order valence-electron chi connectivity index (χ1n) is 20.2. The van der Waals surface area contributed by atoms with Crippen LogP contribution in [0.25, 0.3) is 78.4 Å². The lowest BCUT2D eigenvalue weighted by molar-refractivity contribution is 0.723. The van der Waals surface area contributed by atoms with E-state index in [4.69, 9.17) is 15.0 Å². The van der Waals surface area contributed by atoms with Crippen LogP contribution in [-0.4, -0.2) is 19.9 Å². The number of hydrogen-bond acceptors (Lipinski definition) is 5. The molecule has 10 aromatic rings. The van der Waals surface area contributed by atoms with Gasteiger partial charge in [-0.1, -0.05) is 200 Å².